The largest absolute Gasteiger partial charge is 0.480 e. The summed E-state index contributed by atoms with van der Waals surface area (Å²) in [5.41, 5.74) is 1.89. The second-order valence-electron chi connectivity index (χ2n) is 12.4. The van der Waals surface area contributed by atoms with Crippen molar-refractivity contribution < 1.29 is 23.6 Å². The van der Waals surface area contributed by atoms with Crippen molar-refractivity contribution in [3.63, 3.8) is 0 Å². The van der Waals surface area contributed by atoms with E-state index in [1.54, 1.807) is 4.90 Å². The van der Waals surface area contributed by atoms with E-state index in [2.05, 4.69) is 20.8 Å². The molecule has 3 aliphatic heterocycles. The number of hydrogen-bond acceptors (Lipinski definition) is 6. The summed E-state index contributed by atoms with van der Waals surface area (Å²) in [6.45, 7) is 8.98. The van der Waals surface area contributed by atoms with Crippen molar-refractivity contribution in [1.82, 2.24) is 10.2 Å². The number of nitrogens with one attached hydrogen (secondary N) is 1. The van der Waals surface area contributed by atoms with E-state index >= 15 is 0 Å². The highest BCUT2D eigenvalue weighted by Gasteiger charge is 2.43. The molecule has 3 aromatic carbocycles. The van der Waals surface area contributed by atoms with Gasteiger partial charge in [0.25, 0.3) is 5.91 Å². The van der Waals surface area contributed by atoms with Crippen molar-refractivity contribution in [3.8, 4) is 22.6 Å². The van der Waals surface area contributed by atoms with Gasteiger partial charge in [-0.15, -0.1) is 0 Å². The van der Waals surface area contributed by atoms with Crippen LogP contribution in [0.3, 0.4) is 0 Å². The van der Waals surface area contributed by atoms with Crippen LogP contribution in [0.15, 0.2) is 48.5 Å². The number of carbonyl (C=O) groups excluding carboxylic acids is 2. The maximum atomic E-state index is 14.0. The zero-order valence-electron chi connectivity index (χ0n) is 24.2. The summed E-state index contributed by atoms with van der Waals surface area (Å²) in [7, 11) is 2.31. The van der Waals surface area contributed by atoms with Gasteiger partial charge in [0.15, 0.2) is 6.10 Å². The fraction of sp³-hybridized carbons (Fsp3) is 0.438. The molecule has 0 aromatic heterocycles. The number of halogens is 1. The molecule has 2 saturated heterocycles. The molecular weight excluding hydrogens is 573 g/mol. The van der Waals surface area contributed by atoms with Crippen LogP contribution >= 0.6 is 21.1 Å². The van der Waals surface area contributed by atoms with E-state index in [0.29, 0.717) is 60.6 Å². The topological polar surface area (TPSA) is 80.3 Å². The summed E-state index contributed by atoms with van der Waals surface area (Å²) in [5.74, 6) is 1.64. The van der Waals surface area contributed by atoms with Gasteiger partial charge in [-0.3, -0.25) is 4.79 Å². The van der Waals surface area contributed by atoms with Crippen LogP contribution in [0.2, 0.25) is 5.02 Å². The van der Waals surface area contributed by atoms with E-state index in [1.165, 1.54) is 0 Å². The molecule has 0 aliphatic carbocycles. The lowest BCUT2D eigenvalue weighted by atomic mass is 9.88. The molecule has 3 aromatic rings. The Morgan fingerprint density at radius 1 is 1.10 bits per heavy atom. The molecule has 42 heavy (non-hydrogen) atoms. The van der Waals surface area contributed by atoms with Gasteiger partial charge in [-0.25, -0.2) is 4.79 Å². The first-order valence-corrected chi connectivity index (χ1v) is 15.4. The standard InChI is InChI=1S/C32H37ClN3O5P/c1-32(2,3)40-31(38)35-10-8-20(9-11-35)29-30(37)36(18-19-16-34-17-19)27-15-26(33)25(14-28(27)39-29)24-13-22(41-42)12-21-6-4-5-7-23(21)24/h4-7,12-15,19-20,29,34H,8-11,16-18,42H2,1-3H3. The van der Waals surface area contributed by atoms with Crippen LogP contribution < -0.4 is 19.5 Å². The van der Waals surface area contributed by atoms with Crippen molar-refractivity contribution in [2.45, 2.75) is 45.3 Å². The molecule has 6 rings (SSSR count). The highest BCUT2D eigenvalue weighted by molar-refractivity contribution is 7.10. The molecule has 2 unspecified atom stereocenters. The number of carbonyl (C=O) groups is 2. The van der Waals surface area contributed by atoms with Crippen molar-refractivity contribution in [2.24, 2.45) is 11.8 Å². The molecule has 0 radical (unpaired) electrons. The summed E-state index contributed by atoms with van der Waals surface area (Å²) in [5, 5.41) is 5.92. The highest BCUT2D eigenvalue weighted by atomic mass is 35.5. The summed E-state index contributed by atoms with van der Waals surface area (Å²) >= 11 is 6.96. The minimum atomic E-state index is -0.640. The van der Waals surface area contributed by atoms with Crippen LogP contribution in [0.1, 0.15) is 33.6 Å². The van der Waals surface area contributed by atoms with Crippen LogP contribution in [0.4, 0.5) is 10.5 Å². The maximum absolute atomic E-state index is 14.0. The normalized spacial score (nSPS) is 19.7. The van der Waals surface area contributed by atoms with Crippen LogP contribution in [-0.2, 0) is 9.53 Å². The van der Waals surface area contributed by atoms with E-state index in [9.17, 15) is 9.59 Å². The lowest BCUT2D eigenvalue weighted by Crippen LogP contribution is -2.56. The third-order valence-corrected chi connectivity index (χ3v) is 8.88. The average molecular weight is 610 g/mol. The first-order valence-electron chi connectivity index (χ1n) is 14.5. The number of fused-ring (bicyclic) bond motifs is 2. The zero-order chi connectivity index (χ0) is 29.6. The number of rotatable bonds is 5. The van der Waals surface area contributed by atoms with Gasteiger partial charge in [0.2, 0.25) is 0 Å². The molecule has 2 amide bonds. The van der Waals surface area contributed by atoms with Crippen molar-refractivity contribution in [1.29, 1.82) is 0 Å². The molecule has 0 saturated carbocycles. The smallest absolute Gasteiger partial charge is 0.410 e. The first kappa shape index (κ1) is 29.0. The fourth-order valence-corrected chi connectivity index (χ4v) is 6.42. The van der Waals surface area contributed by atoms with Crippen molar-refractivity contribution in [3.05, 3.63) is 53.6 Å². The Labute approximate surface area is 253 Å². The second kappa shape index (κ2) is 11.6. The maximum Gasteiger partial charge on any atom is 0.410 e. The van der Waals surface area contributed by atoms with Crippen LogP contribution in [-0.4, -0.2) is 61.3 Å². The average Bonchev–Trinajstić information content (AvgIpc) is 2.94. The molecule has 2 fully saturated rings. The summed E-state index contributed by atoms with van der Waals surface area (Å²) in [6, 6.07) is 15.9. The minimum Gasteiger partial charge on any atom is -0.480 e. The van der Waals surface area contributed by atoms with Crippen LogP contribution in [0, 0.1) is 11.8 Å². The van der Waals surface area contributed by atoms with Gasteiger partial charge in [-0.05, 0) is 74.2 Å². The molecule has 222 valence electrons. The third-order valence-electron chi connectivity index (χ3n) is 8.29. The molecule has 0 bridgehead atoms. The van der Waals surface area contributed by atoms with Gasteiger partial charge < -0.3 is 29.1 Å². The second-order valence-corrected chi connectivity index (χ2v) is 13.1. The number of hydrogen-bond donors (Lipinski definition) is 1. The Balaban J connectivity index is 1.33. The Bertz CT molecular complexity index is 1510. The van der Waals surface area contributed by atoms with Gasteiger partial charge in [-0.2, -0.15) is 0 Å². The summed E-state index contributed by atoms with van der Waals surface area (Å²) in [4.78, 5) is 30.2. The van der Waals surface area contributed by atoms with Crippen molar-refractivity contribution in [2.75, 3.05) is 37.6 Å². The monoisotopic (exact) mass is 609 g/mol. The minimum absolute atomic E-state index is 0.0276. The fourth-order valence-electron chi connectivity index (χ4n) is 6.02. The third kappa shape index (κ3) is 5.77. The Hall–Kier alpha value is -3.06. The number of nitrogens with zero attached hydrogens (tertiary/aromatic N) is 2. The van der Waals surface area contributed by atoms with Gasteiger partial charge in [-0.1, -0.05) is 35.9 Å². The molecule has 10 heteroatoms. The Morgan fingerprint density at radius 3 is 2.50 bits per heavy atom. The molecule has 2 atom stereocenters. The van der Waals surface area contributed by atoms with Gasteiger partial charge >= 0.3 is 6.09 Å². The van der Waals surface area contributed by atoms with E-state index in [-0.39, 0.29) is 17.9 Å². The molecule has 1 N–H and O–H groups in total. The predicted molar refractivity (Wildman–Crippen MR) is 168 cm³/mol. The van der Waals surface area contributed by atoms with Gasteiger partial charge in [0.1, 0.15) is 17.1 Å². The first-order chi connectivity index (χ1) is 20.1. The zero-order valence-corrected chi connectivity index (χ0v) is 26.1. The molecule has 8 nitrogen and oxygen atoms in total. The van der Waals surface area contributed by atoms with Crippen LogP contribution in [0.25, 0.3) is 21.9 Å². The molecule has 0 spiro atoms. The lowest BCUT2D eigenvalue weighted by molar-refractivity contribution is -0.129. The SMILES string of the molecule is CC(C)(C)OC(=O)N1CCC(C2Oc3cc(-c4cc(OP)cc5ccccc45)c(Cl)cc3N(CC3CNC3)C2=O)CC1. The summed E-state index contributed by atoms with van der Waals surface area (Å²) in [6.07, 6.45) is 0.355. The number of likely N-dealkylation sites (tertiary alicyclic amines) is 1. The lowest BCUT2D eigenvalue weighted by Gasteiger charge is -2.42. The highest BCUT2D eigenvalue weighted by Crippen LogP contribution is 2.46. The quantitative estimate of drug-likeness (QED) is 0.343. The van der Waals surface area contributed by atoms with Crippen LogP contribution in [0.5, 0.6) is 11.5 Å². The number of amides is 2. The number of anilines is 1. The summed E-state index contributed by atoms with van der Waals surface area (Å²) < 4.78 is 17.7. The van der Waals surface area contributed by atoms with E-state index in [0.717, 1.165) is 35.0 Å². The number of piperidine rings is 1. The number of benzene rings is 3. The van der Waals surface area contributed by atoms with E-state index in [4.69, 9.17) is 25.6 Å². The van der Waals surface area contributed by atoms with Gasteiger partial charge in [0, 0.05) is 50.1 Å². The van der Waals surface area contributed by atoms with Gasteiger partial charge in [0.05, 0.1) is 20.2 Å². The predicted octanol–water partition coefficient (Wildman–Crippen LogP) is 6.29. The number of ether oxygens (including phenoxy) is 2. The Kier molecular flexibility index (Phi) is 7.99. The Morgan fingerprint density at radius 2 is 1.83 bits per heavy atom. The van der Waals surface area contributed by atoms with E-state index < -0.39 is 11.7 Å². The molecule has 3 heterocycles. The molecule has 3 aliphatic rings. The van der Waals surface area contributed by atoms with E-state index in [1.807, 2.05) is 68.1 Å². The van der Waals surface area contributed by atoms with Crippen molar-refractivity contribution >= 4 is 49.5 Å². The molecular formula is C32H37ClN3O5P.